The second-order valence-corrected chi connectivity index (χ2v) is 11.9. The van der Waals surface area contributed by atoms with E-state index in [-0.39, 0.29) is 0 Å². The number of likely N-dealkylation sites (N-methyl/N-ethyl adjacent to an activating group) is 1. The second-order valence-electron chi connectivity index (χ2n) is 11.9. The van der Waals surface area contributed by atoms with Gasteiger partial charge >= 0.3 is 0 Å². The highest BCUT2D eigenvalue weighted by molar-refractivity contribution is 5.46. The van der Waals surface area contributed by atoms with Gasteiger partial charge in [-0.05, 0) is 56.0 Å². The molecule has 44 heavy (non-hydrogen) atoms. The molecule has 10 nitrogen and oxygen atoms in total. The van der Waals surface area contributed by atoms with Gasteiger partial charge in [0.1, 0.15) is 11.6 Å². The van der Waals surface area contributed by atoms with Gasteiger partial charge in [-0.2, -0.15) is 9.97 Å². The van der Waals surface area contributed by atoms with Gasteiger partial charge in [0.2, 0.25) is 11.9 Å². The number of hydrogen-bond acceptors (Lipinski definition) is 10. The highest BCUT2D eigenvalue weighted by Crippen LogP contribution is 2.29. The number of anilines is 4. The number of benzene rings is 2. The summed E-state index contributed by atoms with van der Waals surface area (Å²) in [7, 11) is 2.01. The van der Waals surface area contributed by atoms with E-state index in [1.54, 1.807) is 0 Å². The number of nitrogen functional groups attached to an aromatic ring is 1. The Morgan fingerprint density at radius 1 is 0.864 bits per heavy atom. The fourth-order valence-corrected chi connectivity index (χ4v) is 6.39. The van der Waals surface area contributed by atoms with Gasteiger partial charge in [0.25, 0.3) is 0 Å². The van der Waals surface area contributed by atoms with Crippen LogP contribution in [0.1, 0.15) is 36.1 Å². The first kappa shape index (κ1) is 29.8. The van der Waals surface area contributed by atoms with Gasteiger partial charge in [-0.15, -0.1) is 0 Å². The van der Waals surface area contributed by atoms with Crippen LogP contribution in [0.2, 0.25) is 0 Å². The molecule has 230 valence electrons. The maximum atomic E-state index is 5.96. The van der Waals surface area contributed by atoms with Crippen molar-refractivity contribution >= 4 is 23.5 Å². The van der Waals surface area contributed by atoms with Crippen molar-refractivity contribution in [2.45, 2.75) is 44.3 Å². The quantitative estimate of drug-likeness (QED) is 0.241. The van der Waals surface area contributed by atoms with Crippen LogP contribution in [0.4, 0.5) is 23.5 Å². The summed E-state index contributed by atoms with van der Waals surface area (Å²) < 4.78 is 0. The van der Waals surface area contributed by atoms with Crippen LogP contribution in [0, 0.1) is 5.92 Å². The molecule has 2 aromatic heterocycles. The van der Waals surface area contributed by atoms with Gasteiger partial charge in [-0.25, -0.2) is 9.97 Å². The lowest BCUT2D eigenvalue weighted by Gasteiger charge is -2.24. The Morgan fingerprint density at radius 2 is 1.66 bits per heavy atom. The molecule has 0 radical (unpaired) electrons. The summed E-state index contributed by atoms with van der Waals surface area (Å²) in [4.78, 5) is 22.5. The molecule has 7 rings (SSSR count). The summed E-state index contributed by atoms with van der Waals surface area (Å²) in [6.45, 7) is 6.01. The minimum atomic E-state index is 0.372. The average Bonchev–Trinajstić information content (AvgIpc) is 3.73. The minimum absolute atomic E-state index is 0.372. The van der Waals surface area contributed by atoms with E-state index in [1.165, 1.54) is 24.0 Å². The smallest absolute Gasteiger partial charge is 0.224 e. The molecule has 5 N–H and O–H groups in total. The van der Waals surface area contributed by atoms with Gasteiger partial charge in [-0.3, -0.25) is 0 Å². The highest BCUT2D eigenvalue weighted by Gasteiger charge is 2.35. The Morgan fingerprint density at radius 3 is 2.41 bits per heavy atom. The zero-order chi connectivity index (χ0) is 30.1. The van der Waals surface area contributed by atoms with Crippen molar-refractivity contribution in [3.8, 4) is 0 Å². The van der Waals surface area contributed by atoms with Crippen molar-refractivity contribution in [3.05, 3.63) is 95.8 Å². The minimum Gasteiger partial charge on any atom is -0.368 e. The van der Waals surface area contributed by atoms with Gasteiger partial charge in [0, 0.05) is 63.5 Å². The van der Waals surface area contributed by atoms with E-state index in [4.69, 9.17) is 5.73 Å². The van der Waals surface area contributed by atoms with Gasteiger partial charge in [0.15, 0.2) is 0 Å². The van der Waals surface area contributed by atoms with Crippen molar-refractivity contribution in [1.82, 2.24) is 30.6 Å². The lowest BCUT2D eigenvalue weighted by atomic mass is 9.94. The van der Waals surface area contributed by atoms with E-state index in [9.17, 15) is 0 Å². The number of aromatic nitrogens is 4. The van der Waals surface area contributed by atoms with E-state index < -0.39 is 0 Å². The summed E-state index contributed by atoms with van der Waals surface area (Å²) in [6, 6.07) is 25.9. The Bertz CT molecular complexity index is 1450. The molecule has 3 atom stereocenters. The van der Waals surface area contributed by atoms with Crippen molar-refractivity contribution < 1.29 is 0 Å². The number of nitrogens with zero attached hydrogens (tertiary/aromatic N) is 6. The molecular weight excluding hydrogens is 548 g/mol. The second kappa shape index (κ2) is 14.5. The molecular formula is C34H44N10. The summed E-state index contributed by atoms with van der Waals surface area (Å²) >= 11 is 0. The maximum Gasteiger partial charge on any atom is 0.224 e. The first-order valence-electron chi connectivity index (χ1n) is 15.8. The van der Waals surface area contributed by atoms with Crippen LogP contribution in [0.15, 0.2) is 79.0 Å². The van der Waals surface area contributed by atoms with Crippen LogP contribution in [-0.2, 0) is 13.0 Å². The maximum absolute atomic E-state index is 5.96. The van der Waals surface area contributed by atoms with E-state index in [0.717, 1.165) is 75.4 Å². The standard InChI is InChI=1S/C18H23N5.C16H21N5/c19-18-21-15(9-13-5-2-1-3-6-13)10-17(22-18)23-11-14-7-4-8-20-16(14)12-23;1-17-14-8-10-21(12-14)15-7-9-18-16(20-15)19-11-13-5-3-2-4-6-13/h1-3,5-6,10,14,16,20H,4,7-9,11-12H2,(H2,19,21,22);2-7,9,14,17H,8,10-12H2,1H3,(H,18,19,20)/t14-,16+;14-/m11/s1. The summed E-state index contributed by atoms with van der Waals surface area (Å²) in [6.07, 6.45) is 6.36. The van der Waals surface area contributed by atoms with E-state index in [2.05, 4.69) is 88.2 Å². The predicted octanol–water partition coefficient (Wildman–Crippen LogP) is 3.72. The van der Waals surface area contributed by atoms with Crippen LogP contribution in [0.3, 0.4) is 0 Å². The van der Waals surface area contributed by atoms with Crippen molar-refractivity contribution in [1.29, 1.82) is 0 Å². The molecule has 0 amide bonds. The van der Waals surface area contributed by atoms with Gasteiger partial charge in [-0.1, -0.05) is 60.7 Å². The SMILES string of the molecule is CN[C@@H]1CCN(c2ccnc(NCc3ccccc3)n2)C1.Nc1nc(Cc2ccccc2)cc(N2C[C@H]3CCCN[C@H]3C2)n1. The van der Waals surface area contributed by atoms with Crippen molar-refractivity contribution in [3.63, 3.8) is 0 Å². The molecule has 3 fully saturated rings. The zero-order valence-corrected chi connectivity index (χ0v) is 25.6. The number of nitrogens with one attached hydrogen (secondary N) is 3. The average molecular weight is 593 g/mol. The fraction of sp³-hybridized carbons (Fsp3) is 0.412. The topological polar surface area (TPSA) is 120 Å². The van der Waals surface area contributed by atoms with E-state index in [1.807, 2.05) is 43.6 Å². The van der Waals surface area contributed by atoms with Crippen molar-refractivity contribution in [2.75, 3.05) is 60.6 Å². The van der Waals surface area contributed by atoms with Gasteiger partial charge in [0.05, 0.1) is 5.69 Å². The Hall–Kier alpha value is -4.28. The largest absolute Gasteiger partial charge is 0.368 e. The molecule has 3 saturated heterocycles. The van der Waals surface area contributed by atoms with E-state index in [0.29, 0.717) is 24.0 Å². The lowest BCUT2D eigenvalue weighted by molar-refractivity contribution is 0.340. The van der Waals surface area contributed by atoms with Crippen LogP contribution in [0.5, 0.6) is 0 Å². The lowest BCUT2D eigenvalue weighted by Crippen LogP contribution is -2.40. The number of hydrogen-bond donors (Lipinski definition) is 4. The Kier molecular flexibility index (Phi) is 9.79. The third-order valence-electron chi connectivity index (χ3n) is 8.79. The third kappa shape index (κ3) is 7.81. The first-order valence-corrected chi connectivity index (χ1v) is 15.8. The fourth-order valence-electron chi connectivity index (χ4n) is 6.39. The molecule has 0 unspecified atom stereocenters. The predicted molar refractivity (Wildman–Crippen MR) is 178 cm³/mol. The molecule has 0 aliphatic carbocycles. The molecule has 5 heterocycles. The van der Waals surface area contributed by atoms with Crippen LogP contribution in [0.25, 0.3) is 0 Å². The number of fused-ring (bicyclic) bond motifs is 1. The monoisotopic (exact) mass is 592 g/mol. The molecule has 0 spiro atoms. The third-order valence-corrected chi connectivity index (χ3v) is 8.79. The molecule has 0 bridgehead atoms. The summed E-state index contributed by atoms with van der Waals surface area (Å²) in [5.74, 6) is 3.76. The zero-order valence-electron chi connectivity index (χ0n) is 25.6. The van der Waals surface area contributed by atoms with Crippen LogP contribution in [-0.4, -0.2) is 71.8 Å². The molecule has 10 heteroatoms. The summed E-state index contributed by atoms with van der Waals surface area (Å²) in [5, 5.41) is 10.2. The van der Waals surface area contributed by atoms with Crippen LogP contribution >= 0.6 is 0 Å². The Balaban J connectivity index is 0.000000157. The molecule has 3 aliphatic heterocycles. The molecule has 3 aliphatic rings. The first-order chi connectivity index (χ1) is 21.6. The highest BCUT2D eigenvalue weighted by atomic mass is 15.3. The number of nitrogens with two attached hydrogens (primary N) is 1. The normalized spacial score (nSPS) is 21.0. The molecule has 0 saturated carbocycles. The number of piperidine rings is 1. The Labute approximate surface area is 260 Å². The molecule has 4 aromatic rings. The van der Waals surface area contributed by atoms with Crippen LogP contribution < -0.4 is 31.5 Å². The van der Waals surface area contributed by atoms with Crippen molar-refractivity contribution in [2.24, 2.45) is 5.92 Å². The van der Waals surface area contributed by atoms with Gasteiger partial charge < -0.3 is 31.5 Å². The molecule has 2 aromatic carbocycles. The van der Waals surface area contributed by atoms with E-state index >= 15 is 0 Å². The summed E-state index contributed by atoms with van der Waals surface area (Å²) in [5.41, 5.74) is 9.42. The number of rotatable bonds is 8.